The predicted molar refractivity (Wildman–Crippen MR) is 138 cm³/mol. The first-order chi connectivity index (χ1) is 16.3. The Kier molecular flexibility index (Phi) is 7.71. The average Bonchev–Trinajstić information content (AvgIpc) is 3.09. The van der Waals surface area contributed by atoms with Crippen molar-refractivity contribution in [3.63, 3.8) is 0 Å². The molecule has 0 saturated carbocycles. The van der Waals surface area contributed by atoms with E-state index in [0.717, 1.165) is 11.1 Å². The first kappa shape index (κ1) is 26.4. The number of amides is 1. The lowest BCUT2D eigenvalue weighted by molar-refractivity contribution is 0.0901. The van der Waals surface area contributed by atoms with Gasteiger partial charge in [0, 0.05) is 25.8 Å². The molecule has 0 fully saturated rings. The van der Waals surface area contributed by atoms with Crippen LogP contribution in [-0.2, 0) is 28.4 Å². The van der Waals surface area contributed by atoms with Crippen LogP contribution in [0.2, 0.25) is 0 Å². The van der Waals surface area contributed by atoms with Gasteiger partial charge in [0.15, 0.2) is 5.69 Å². The van der Waals surface area contributed by atoms with Gasteiger partial charge in [-0.2, -0.15) is 5.10 Å². The lowest BCUT2D eigenvalue weighted by Gasteiger charge is -2.28. The van der Waals surface area contributed by atoms with Gasteiger partial charge in [-0.15, -0.1) is 0 Å². The summed E-state index contributed by atoms with van der Waals surface area (Å²) in [6, 6.07) is 13.8. The van der Waals surface area contributed by atoms with Gasteiger partial charge in [0.25, 0.3) is 15.9 Å². The van der Waals surface area contributed by atoms with Gasteiger partial charge in [-0.25, -0.2) is 8.42 Å². The molecule has 1 amide bonds. The number of benzene rings is 2. The number of nitrogens with zero attached hydrogens (tertiary/aromatic N) is 2. The highest BCUT2D eigenvalue weighted by molar-refractivity contribution is 7.92. The summed E-state index contributed by atoms with van der Waals surface area (Å²) in [5, 5.41) is 7.54. The van der Waals surface area contributed by atoms with Crippen molar-refractivity contribution in [1.82, 2.24) is 15.1 Å². The van der Waals surface area contributed by atoms with Gasteiger partial charge < -0.3 is 10.1 Å². The van der Waals surface area contributed by atoms with E-state index >= 15 is 0 Å². The van der Waals surface area contributed by atoms with Crippen LogP contribution >= 0.6 is 0 Å². The number of aromatic nitrogens is 2. The first-order valence-electron chi connectivity index (χ1n) is 11.4. The van der Waals surface area contributed by atoms with E-state index in [2.05, 4.69) is 15.1 Å². The molecule has 0 bridgehead atoms. The van der Waals surface area contributed by atoms with Gasteiger partial charge >= 0.3 is 0 Å². The van der Waals surface area contributed by atoms with E-state index in [0.29, 0.717) is 17.9 Å². The summed E-state index contributed by atoms with van der Waals surface area (Å²) in [7, 11) is -0.756. The standard InChI is InChI=1S/C26H34N4O4S/c1-17-11-13-21(14-12-17)35(32,33)29-23-22(20-10-8-9-19(15-20)16-34-7)28-30(6)24(23)25(31)27-18(2)26(3,4)5/h8-15,18,29H,16H2,1-7H3,(H,27,31). The van der Waals surface area contributed by atoms with Crippen LogP contribution in [0.25, 0.3) is 11.3 Å². The molecule has 3 aromatic rings. The number of ether oxygens (including phenoxy) is 1. The lowest BCUT2D eigenvalue weighted by atomic mass is 9.88. The number of methoxy groups -OCH3 is 1. The Morgan fingerprint density at radius 3 is 2.40 bits per heavy atom. The molecule has 9 heteroatoms. The van der Waals surface area contributed by atoms with E-state index in [-0.39, 0.29) is 27.7 Å². The van der Waals surface area contributed by atoms with Crippen LogP contribution in [0, 0.1) is 12.3 Å². The molecule has 1 aromatic heterocycles. The molecular formula is C26H34N4O4S. The Morgan fingerprint density at radius 1 is 1.14 bits per heavy atom. The molecule has 0 aliphatic carbocycles. The maximum atomic E-state index is 13.4. The zero-order valence-electron chi connectivity index (χ0n) is 21.3. The van der Waals surface area contributed by atoms with Gasteiger partial charge in [-0.3, -0.25) is 14.2 Å². The monoisotopic (exact) mass is 498 g/mol. The van der Waals surface area contributed by atoms with Crippen molar-refractivity contribution in [3.8, 4) is 11.3 Å². The molecular weight excluding hydrogens is 464 g/mol. The van der Waals surface area contributed by atoms with E-state index in [1.807, 2.05) is 58.9 Å². The van der Waals surface area contributed by atoms with Crippen molar-refractivity contribution in [2.24, 2.45) is 12.5 Å². The summed E-state index contributed by atoms with van der Waals surface area (Å²) in [6.45, 7) is 10.3. The molecule has 2 aromatic carbocycles. The molecule has 188 valence electrons. The number of hydrogen-bond acceptors (Lipinski definition) is 5. The fourth-order valence-electron chi connectivity index (χ4n) is 3.45. The van der Waals surface area contributed by atoms with Gasteiger partial charge in [0.1, 0.15) is 11.4 Å². The summed E-state index contributed by atoms with van der Waals surface area (Å²) < 4.78 is 36.0. The van der Waals surface area contributed by atoms with Crippen LogP contribution in [0.3, 0.4) is 0 Å². The van der Waals surface area contributed by atoms with Crippen LogP contribution < -0.4 is 10.0 Å². The fourth-order valence-corrected chi connectivity index (χ4v) is 4.52. The molecule has 0 aliphatic heterocycles. The van der Waals surface area contributed by atoms with Crippen molar-refractivity contribution in [2.75, 3.05) is 11.8 Å². The maximum absolute atomic E-state index is 13.4. The van der Waals surface area contributed by atoms with Gasteiger partial charge in [0.2, 0.25) is 0 Å². The zero-order chi connectivity index (χ0) is 26.0. The van der Waals surface area contributed by atoms with E-state index < -0.39 is 15.9 Å². The van der Waals surface area contributed by atoms with Crippen LogP contribution in [0.5, 0.6) is 0 Å². The number of hydrogen-bond donors (Lipinski definition) is 2. The average molecular weight is 499 g/mol. The fraction of sp³-hybridized carbons (Fsp3) is 0.385. The summed E-state index contributed by atoms with van der Waals surface area (Å²) in [5.74, 6) is -0.414. The van der Waals surface area contributed by atoms with Crippen LogP contribution in [0.4, 0.5) is 5.69 Å². The molecule has 1 atom stereocenters. The van der Waals surface area contributed by atoms with E-state index in [1.165, 1.54) is 16.8 Å². The van der Waals surface area contributed by atoms with Crippen molar-refractivity contribution in [2.45, 2.75) is 52.2 Å². The quantitative estimate of drug-likeness (QED) is 0.476. The normalized spacial score (nSPS) is 12.9. The Morgan fingerprint density at radius 2 is 1.80 bits per heavy atom. The van der Waals surface area contributed by atoms with Crippen molar-refractivity contribution >= 4 is 21.6 Å². The smallest absolute Gasteiger partial charge is 0.271 e. The second kappa shape index (κ2) is 10.2. The SMILES string of the molecule is COCc1cccc(-c2nn(C)c(C(=O)NC(C)C(C)(C)C)c2NS(=O)(=O)c2ccc(C)cc2)c1. The van der Waals surface area contributed by atoms with Gasteiger partial charge in [0.05, 0.1) is 11.5 Å². The zero-order valence-corrected chi connectivity index (χ0v) is 22.2. The third-order valence-electron chi connectivity index (χ3n) is 5.99. The Labute approximate surface area is 207 Å². The third kappa shape index (κ3) is 6.10. The molecule has 0 spiro atoms. The highest BCUT2D eigenvalue weighted by atomic mass is 32.2. The number of carbonyl (C=O) groups excluding carboxylic acids is 1. The Balaban J connectivity index is 2.14. The summed E-state index contributed by atoms with van der Waals surface area (Å²) >= 11 is 0. The molecule has 2 N–H and O–H groups in total. The minimum Gasteiger partial charge on any atom is -0.380 e. The van der Waals surface area contributed by atoms with Crippen molar-refractivity contribution in [3.05, 3.63) is 65.4 Å². The van der Waals surface area contributed by atoms with Crippen molar-refractivity contribution in [1.29, 1.82) is 0 Å². The van der Waals surface area contributed by atoms with Crippen LogP contribution in [0.1, 0.15) is 49.3 Å². The van der Waals surface area contributed by atoms with E-state index in [1.54, 1.807) is 26.3 Å². The molecule has 8 nitrogen and oxygen atoms in total. The topological polar surface area (TPSA) is 102 Å². The Bertz CT molecular complexity index is 1310. The highest BCUT2D eigenvalue weighted by Gasteiger charge is 2.30. The first-order valence-corrected chi connectivity index (χ1v) is 12.9. The second-order valence-corrected chi connectivity index (χ2v) is 11.5. The lowest BCUT2D eigenvalue weighted by Crippen LogP contribution is -2.42. The summed E-state index contributed by atoms with van der Waals surface area (Å²) in [5.41, 5.74) is 2.93. The molecule has 1 unspecified atom stereocenters. The highest BCUT2D eigenvalue weighted by Crippen LogP contribution is 2.33. The number of sulfonamides is 1. The third-order valence-corrected chi connectivity index (χ3v) is 7.35. The minimum atomic E-state index is -3.99. The van der Waals surface area contributed by atoms with E-state index in [4.69, 9.17) is 4.74 Å². The molecule has 3 rings (SSSR count). The van der Waals surface area contributed by atoms with Gasteiger partial charge in [-0.1, -0.05) is 56.7 Å². The predicted octanol–water partition coefficient (Wildman–Crippen LogP) is 4.51. The summed E-state index contributed by atoms with van der Waals surface area (Å²) in [6.07, 6.45) is 0. The molecule has 0 radical (unpaired) electrons. The molecule has 0 saturated heterocycles. The number of anilines is 1. The van der Waals surface area contributed by atoms with Crippen LogP contribution in [0.15, 0.2) is 53.4 Å². The number of rotatable bonds is 8. The summed E-state index contributed by atoms with van der Waals surface area (Å²) in [4.78, 5) is 13.5. The largest absolute Gasteiger partial charge is 0.380 e. The maximum Gasteiger partial charge on any atom is 0.271 e. The number of aryl methyl sites for hydroxylation is 2. The second-order valence-electron chi connectivity index (χ2n) is 9.81. The molecule has 35 heavy (non-hydrogen) atoms. The van der Waals surface area contributed by atoms with Crippen LogP contribution in [-0.4, -0.2) is 37.3 Å². The minimum absolute atomic E-state index is 0.0976. The Hall–Kier alpha value is -3.17. The molecule has 1 heterocycles. The molecule has 0 aliphatic rings. The van der Waals surface area contributed by atoms with Crippen molar-refractivity contribution < 1.29 is 17.9 Å². The number of carbonyl (C=O) groups is 1. The number of nitrogens with one attached hydrogen (secondary N) is 2. The van der Waals surface area contributed by atoms with E-state index in [9.17, 15) is 13.2 Å². The van der Waals surface area contributed by atoms with Gasteiger partial charge in [-0.05, 0) is 43.0 Å².